The first-order valence-electron chi connectivity index (χ1n) is 6.76. The summed E-state index contributed by atoms with van der Waals surface area (Å²) in [4.78, 5) is 11.9. The summed E-state index contributed by atoms with van der Waals surface area (Å²) in [5.74, 6) is 0.0169. The molecule has 0 radical (unpaired) electrons. The predicted octanol–water partition coefficient (Wildman–Crippen LogP) is -0.1000. The molecule has 0 aromatic carbocycles. The molecule has 3 N–H and O–H groups in total. The number of carbonyl (C=O) groups is 1. The van der Waals surface area contributed by atoms with Crippen LogP contribution in [0.15, 0.2) is 0 Å². The van der Waals surface area contributed by atoms with Gasteiger partial charge >= 0.3 is 0 Å². The van der Waals surface area contributed by atoms with E-state index < -0.39 is 16.1 Å². The third-order valence-electron chi connectivity index (χ3n) is 3.83. The van der Waals surface area contributed by atoms with Crippen molar-refractivity contribution in [3.05, 3.63) is 0 Å². The van der Waals surface area contributed by atoms with Crippen molar-refractivity contribution in [2.24, 2.45) is 11.7 Å². The van der Waals surface area contributed by atoms with Crippen molar-refractivity contribution in [1.29, 1.82) is 0 Å². The standard InChI is InChI=1S/C12H25N3O3S/c1-4-9(2)11(13)12(16)14-10-5-7-15(8-6-10)19(3,17)18/h9-11H,4-8,13H2,1-3H3,(H,14,16). The van der Waals surface area contributed by atoms with Gasteiger partial charge in [-0.15, -0.1) is 0 Å². The van der Waals surface area contributed by atoms with Crippen molar-refractivity contribution >= 4 is 15.9 Å². The second-order valence-electron chi connectivity index (χ2n) is 5.36. The first kappa shape index (κ1) is 16.4. The Hall–Kier alpha value is -0.660. The second-order valence-corrected chi connectivity index (χ2v) is 7.34. The number of nitrogens with one attached hydrogen (secondary N) is 1. The first-order valence-corrected chi connectivity index (χ1v) is 8.61. The molecule has 0 aliphatic carbocycles. The fourth-order valence-electron chi connectivity index (χ4n) is 2.14. The van der Waals surface area contributed by atoms with Crippen molar-refractivity contribution < 1.29 is 13.2 Å². The van der Waals surface area contributed by atoms with E-state index in [1.54, 1.807) is 0 Å². The molecular formula is C12H25N3O3S. The minimum absolute atomic E-state index is 0.0283. The third-order valence-corrected chi connectivity index (χ3v) is 5.13. The quantitative estimate of drug-likeness (QED) is 0.740. The lowest BCUT2D eigenvalue weighted by atomic mass is 9.98. The Morgan fingerprint density at radius 1 is 1.42 bits per heavy atom. The lowest BCUT2D eigenvalue weighted by molar-refractivity contribution is -0.124. The zero-order valence-corrected chi connectivity index (χ0v) is 12.7. The number of nitrogens with zero attached hydrogens (tertiary/aromatic N) is 1. The normalized spacial score (nSPS) is 21.9. The molecule has 0 aromatic rings. The molecule has 0 bridgehead atoms. The van der Waals surface area contributed by atoms with E-state index in [0.717, 1.165) is 6.42 Å². The zero-order valence-electron chi connectivity index (χ0n) is 11.9. The van der Waals surface area contributed by atoms with Crippen molar-refractivity contribution in [2.45, 2.75) is 45.2 Å². The van der Waals surface area contributed by atoms with E-state index in [2.05, 4.69) is 5.32 Å². The summed E-state index contributed by atoms with van der Waals surface area (Å²) >= 11 is 0. The molecule has 19 heavy (non-hydrogen) atoms. The molecular weight excluding hydrogens is 266 g/mol. The van der Waals surface area contributed by atoms with Gasteiger partial charge < -0.3 is 11.1 Å². The molecule has 1 amide bonds. The molecule has 7 heteroatoms. The minimum Gasteiger partial charge on any atom is -0.352 e. The molecule has 1 aliphatic rings. The summed E-state index contributed by atoms with van der Waals surface area (Å²) in [5.41, 5.74) is 5.87. The van der Waals surface area contributed by atoms with Crippen molar-refractivity contribution in [2.75, 3.05) is 19.3 Å². The minimum atomic E-state index is -3.12. The van der Waals surface area contributed by atoms with Crippen LogP contribution >= 0.6 is 0 Å². The van der Waals surface area contributed by atoms with Gasteiger partial charge in [-0.2, -0.15) is 0 Å². The first-order chi connectivity index (χ1) is 8.75. The van der Waals surface area contributed by atoms with E-state index in [1.165, 1.54) is 10.6 Å². The van der Waals surface area contributed by atoms with Gasteiger partial charge in [0.05, 0.1) is 12.3 Å². The Morgan fingerprint density at radius 3 is 2.37 bits per heavy atom. The Labute approximate surface area is 115 Å². The number of hydrogen-bond acceptors (Lipinski definition) is 4. The molecule has 1 saturated heterocycles. The molecule has 2 unspecified atom stereocenters. The topological polar surface area (TPSA) is 92.5 Å². The molecule has 6 nitrogen and oxygen atoms in total. The molecule has 1 heterocycles. The van der Waals surface area contributed by atoms with Crippen LogP contribution in [0.25, 0.3) is 0 Å². The van der Waals surface area contributed by atoms with Gasteiger partial charge in [-0.3, -0.25) is 4.79 Å². The average Bonchev–Trinajstić information content (AvgIpc) is 2.36. The predicted molar refractivity (Wildman–Crippen MR) is 75.0 cm³/mol. The molecule has 0 aromatic heterocycles. The average molecular weight is 291 g/mol. The van der Waals surface area contributed by atoms with Crippen molar-refractivity contribution in [3.63, 3.8) is 0 Å². The molecule has 1 rings (SSSR count). The molecule has 2 atom stereocenters. The van der Waals surface area contributed by atoms with Crippen LogP contribution in [0.2, 0.25) is 0 Å². The monoisotopic (exact) mass is 291 g/mol. The van der Waals surface area contributed by atoms with Gasteiger partial charge in [-0.05, 0) is 18.8 Å². The number of sulfonamides is 1. The van der Waals surface area contributed by atoms with Gasteiger partial charge in [0.25, 0.3) is 0 Å². The summed E-state index contributed by atoms with van der Waals surface area (Å²) in [6.45, 7) is 4.88. The van der Waals surface area contributed by atoms with Gasteiger partial charge in [0.15, 0.2) is 0 Å². The molecule has 0 saturated carbocycles. The summed E-state index contributed by atoms with van der Waals surface area (Å²) < 4.78 is 24.2. The van der Waals surface area contributed by atoms with Crippen LogP contribution < -0.4 is 11.1 Å². The summed E-state index contributed by atoms with van der Waals surface area (Å²) in [5, 5.41) is 2.92. The number of piperidine rings is 1. The highest BCUT2D eigenvalue weighted by Crippen LogP contribution is 2.14. The number of hydrogen-bond donors (Lipinski definition) is 2. The number of carbonyl (C=O) groups excluding carboxylic acids is 1. The van der Waals surface area contributed by atoms with Crippen LogP contribution in [0.5, 0.6) is 0 Å². The van der Waals surface area contributed by atoms with Crippen LogP contribution in [-0.2, 0) is 14.8 Å². The summed E-state index contributed by atoms with van der Waals surface area (Å²) in [7, 11) is -3.12. The largest absolute Gasteiger partial charge is 0.352 e. The van der Waals surface area contributed by atoms with Gasteiger partial charge in [0, 0.05) is 19.1 Å². The highest BCUT2D eigenvalue weighted by molar-refractivity contribution is 7.88. The van der Waals surface area contributed by atoms with Crippen molar-refractivity contribution in [3.8, 4) is 0 Å². The fraction of sp³-hybridized carbons (Fsp3) is 0.917. The third kappa shape index (κ3) is 4.74. The maximum Gasteiger partial charge on any atom is 0.237 e. The number of amides is 1. The van der Waals surface area contributed by atoms with Gasteiger partial charge in [-0.1, -0.05) is 20.3 Å². The summed E-state index contributed by atoms with van der Waals surface area (Å²) in [6, 6.07) is -0.460. The second kappa shape index (κ2) is 6.67. The van der Waals surface area contributed by atoms with Crippen LogP contribution in [0.4, 0.5) is 0 Å². The van der Waals surface area contributed by atoms with Crippen LogP contribution in [0, 0.1) is 5.92 Å². The van der Waals surface area contributed by atoms with Crippen LogP contribution in [0.1, 0.15) is 33.1 Å². The number of nitrogens with two attached hydrogens (primary N) is 1. The SMILES string of the molecule is CCC(C)C(N)C(=O)NC1CCN(S(C)(=O)=O)CC1. The van der Waals surface area contributed by atoms with E-state index in [-0.39, 0.29) is 17.9 Å². The van der Waals surface area contributed by atoms with Crippen LogP contribution in [-0.4, -0.2) is 50.1 Å². The van der Waals surface area contributed by atoms with E-state index in [4.69, 9.17) is 5.73 Å². The van der Waals surface area contributed by atoms with E-state index in [1.807, 2.05) is 13.8 Å². The Morgan fingerprint density at radius 2 is 1.95 bits per heavy atom. The summed E-state index contributed by atoms with van der Waals surface area (Å²) in [6.07, 6.45) is 3.37. The lowest BCUT2D eigenvalue weighted by Gasteiger charge is -2.31. The smallest absolute Gasteiger partial charge is 0.237 e. The fourth-order valence-corrected chi connectivity index (χ4v) is 3.02. The maximum absolute atomic E-state index is 11.9. The maximum atomic E-state index is 11.9. The van der Waals surface area contributed by atoms with Crippen molar-refractivity contribution in [1.82, 2.24) is 9.62 Å². The Bertz CT molecular complexity index is 402. The molecule has 0 spiro atoms. The molecule has 112 valence electrons. The van der Waals surface area contributed by atoms with E-state index in [9.17, 15) is 13.2 Å². The van der Waals surface area contributed by atoms with E-state index in [0.29, 0.717) is 25.9 Å². The Kier molecular flexibility index (Phi) is 5.76. The van der Waals surface area contributed by atoms with E-state index >= 15 is 0 Å². The molecule has 1 fully saturated rings. The van der Waals surface area contributed by atoms with Gasteiger partial charge in [0.2, 0.25) is 15.9 Å². The highest BCUT2D eigenvalue weighted by Gasteiger charge is 2.27. The lowest BCUT2D eigenvalue weighted by Crippen LogP contribution is -2.51. The zero-order chi connectivity index (χ0) is 14.6. The van der Waals surface area contributed by atoms with Crippen LogP contribution in [0.3, 0.4) is 0 Å². The highest BCUT2D eigenvalue weighted by atomic mass is 32.2. The number of rotatable bonds is 5. The van der Waals surface area contributed by atoms with Gasteiger partial charge in [0.1, 0.15) is 0 Å². The van der Waals surface area contributed by atoms with Gasteiger partial charge in [-0.25, -0.2) is 12.7 Å². The Balaban J connectivity index is 2.43. The molecule has 1 aliphatic heterocycles.